The first kappa shape index (κ1) is 15.2. The molecule has 1 atom stereocenters. The average Bonchev–Trinajstić information content (AvgIpc) is 2.91. The minimum absolute atomic E-state index is 0.0242. The van der Waals surface area contributed by atoms with Crippen LogP contribution in [-0.2, 0) is 9.53 Å². The van der Waals surface area contributed by atoms with Gasteiger partial charge < -0.3 is 15.8 Å². The Morgan fingerprint density at radius 3 is 2.75 bits per heavy atom. The number of hydrogen-bond acceptors (Lipinski definition) is 5. The summed E-state index contributed by atoms with van der Waals surface area (Å²) >= 11 is 0. The van der Waals surface area contributed by atoms with Gasteiger partial charge in [0.15, 0.2) is 0 Å². The molecule has 0 bridgehead atoms. The monoisotopic (exact) mass is 284 g/mol. The quantitative estimate of drug-likeness (QED) is 0.641. The van der Waals surface area contributed by atoms with Crippen molar-refractivity contribution in [3.63, 3.8) is 0 Å². The fraction of sp³-hybridized carbons (Fsp3) is 0.846. The Labute approximate surface area is 119 Å². The van der Waals surface area contributed by atoms with Gasteiger partial charge >= 0.3 is 6.03 Å². The molecule has 2 fully saturated rings. The van der Waals surface area contributed by atoms with Crippen molar-refractivity contribution < 1.29 is 14.3 Å². The minimum Gasteiger partial charge on any atom is -0.374 e. The van der Waals surface area contributed by atoms with Gasteiger partial charge in [-0.05, 0) is 12.8 Å². The van der Waals surface area contributed by atoms with Gasteiger partial charge in [-0.2, -0.15) is 0 Å². The lowest BCUT2D eigenvalue weighted by molar-refractivity contribution is -0.123. The highest BCUT2D eigenvalue weighted by atomic mass is 16.5. The molecule has 1 unspecified atom stereocenters. The zero-order chi connectivity index (χ0) is 14.4. The maximum Gasteiger partial charge on any atom is 0.321 e. The van der Waals surface area contributed by atoms with Crippen LogP contribution in [0.1, 0.15) is 25.7 Å². The van der Waals surface area contributed by atoms with Gasteiger partial charge in [0.05, 0.1) is 19.3 Å². The molecule has 4 N–H and O–H groups in total. The molecule has 1 heterocycles. The van der Waals surface area contributed by atoms with Crippen LogP contribution >= 0.6 is 0 Å². The van der Waals surface area contributed by atoms with E-state index in [1.165, 1.54) is 0 Å². The lowest BCUT2D eigenvalue weighted by atomic mass is 10.2. The number of ether oxygens (including phenoxy) is 1. The molecule has 7 nitrogen and oxygen atoms in total. The van der Waals surface area contributed by atoms with E-state index in [0.29, 0.717) is 26.2 Å². The third kappa shape index (κ3) is 4.73. The number of amides is 3. The van der Waals surface area contributed by atoms with Crippen molar-refractivity contribution in [2.75, 3.05) is 32.8 Å². The van der Waals surface area contributed by atoms with Gasteiger partial charge in [-0.15, -0.1) is 0 Å². The van der Waals surface area contributed by atoms with Crippen LogP contribution in [-0.4, -0.2) is 61.8 Å². The molecule has 1 saturated carbocycles. The molecule has 1 aliphatic heterocycles. The van der Waals surface area contributed by atoms with Crippen LogP contribution in [0.4, 0.5) is 4.79 Å². The third-order valence-corrected chi connectivity index (χ3v) is 3.80. The highest BCUT2D eigenvalue weighted by molar-refractivity contribution is 5.95. The molecule has 0 aromatic heterocycles. The second-order valence-electron chi connectivity index (χ2n) is 5.47. The number of imide groups is 1. The zero-order valence-electron chi connectivity index (χ0n) is 11.8. The molecule has 114 valence electrons. The third-order valence-electron chi connectivity index (χ3n) is 3.80. The molecule has 1 aliphatic carbocycles. The Morgan fingerprint density at radius 1 is 1.30 bits per heavy atom. The number of nitrogens with zero attached hydrogens (tertiary/aromatic N) is 1. The van der Waals surface area contributed by atoms with Crippen LogP contribution in [0.2, 0.25) is 0 Å². The fourth-order valence-electron chi connectivity index (χ4n) is 2.73. The van der Waals surface area contributed by atoms with Gasteiger partial charge in [-0.1, -0.05) is 12.8 Å². The maximum absolute atomic E-state index is 11.8. The number of morpholine rings is 1. The average molecular weight is 284 g/mol. The minimum atomic E-state index is -0.384. The predicted octanol–water partition coefficient (Wildman–Crippen LogP) is -0.586. The number of carbonyl (C=O) groups excluding carboxylic acids is 2. The van der Waals surface area contributed by atoms with Gasteiger partial charge in [-0.25, -0.2) is 4.79 Å². The molecule has 2 rings (SSSR count). The fourth-order valence-corrected chi connectivity index (χ4v) is 2.73. The highest BCUT2D eigenvalue weighted by Gasteiger charge is 2.22. The van der Waals surface area contributed by atoms with Crippen molar-refractivity contribution in [1.82, 2.24) is 15.5 Å². The second kappa shape index (κ2) is 7.56. The van der Waals surface area contributed by atoms with Crippen LogP contribution in [0, 0.1) is 0 Å². The second-order valence-corrected chi connectivity index (χ2v) is 5.47. The van der Waals surface area contributed by atoms with Crippen LogP contribution in [0.5, 0.6) is 0 Å². The molecule has 1 saturated heterocycles. The van der Waals surface area contributed by atoms with E-state index >= 15 is 0 Å². The first-order chi connectivity index (χ1) is 9.67. The van der Waals surface area contributed by atoms with Gasteiger partial charge in [0, 0.05) is 25.7 Å². The van der Waals surface area contributed by atoms with E-state index in [1.807, 2.05) is 4.90 Å². The number of carbonyl (C=O) groups is 2. The Bertz CT molecular complexity index is 345. The van der Waals surface area contributed by atoms with E-state index in [4.69, 9.17) is 10.5 Å². The molecule has 0 radical (unpaired) electrons. The van der Waals surface area contributed by atoms with Crippen LogP contribution < -0.4 is 16.4 Å². The van der Waals surface area contributed by atoms with Gasteiger partial charge in [-0.3, -0.25) is 15.0 Å². The summed E-state index contributed by atoms with van der Waals surface area (Å²) in [4.78, 5) is 25.4. The Kier molecular flexibility index (Phi) is 5.75. The maximum atomic E-state index is 11.8. The largest absolute Gasteiger partial charge is 0.374 e. The van der Waals surface area contributed by atoms with Gasteiger partial charge in [0.1, 0.15) is 0 Å². The van der Waals surface area contributed by atoms with E-state index in [2.05, 4.69) is 10.6 Å². The van der Waals surface area contributed by atoms with E-state index in [1.54, 1.807) is 0 Å². The summed E-state index contributed by atoms with van der Waals surface area (Å²) < 4.78 is 5.43. The molecule has 20 heavy (non-hydrogen) atoms. The Balaban J connectivity index is 1.67. The van der Waals surface area contributed by atoms with E-state index < -0.39 is 0 Å². The van der Waals surface area contributed by atoms with Crippen molar-refractivity contribution >= 4 is 11.9 Å². The number of rotatable bonds is 4. The van der Waals surface area contributed by atoms with Crippen LogP contribution in [0.15, 0.2) is 0 Å². The normalized spacial score (nSPS) is 24.6. The number of nitrogens with two attached hydrogens (primary N) is 1. The Hall–Kier alpha value is -1.18. The first-order valence-electron chi connectivity index (χ1n) is 7.31. The SMILES string of the molecule is NCC1CN(CC(=O)NC(=O)NC2CCCC2)CCO1. The number of urea groups is 1. The summed E-state index contributed by atoms with van der Waals surface area (Å²) in [7, 11) is 0. The lowest BCUT2D eigenvalue weighted by Crippen LogP contribution is -2.51. The highest BCUT2D eigenvalue weighted by Crippen LogP contribution is 2.17. The molecule has 0 aromatic carbocycles. The Morgan fingerprint density at radius 2 is 2.05 bits per heavy atom. The summed E-state index contributed by atoms with van der Waals surface area (Å²) in [6.07, 6.45) is 4.27. The van der Waals surface area contributed by atoms with Crippen molar-refractivity contribution in [3.8, 4) is 0 Å². The van der Waals surface area contributed by atoms with E-state index in [-0.39, 0.29) is 30.6 Å². The molecule has 7 heteroatoms. The summed E-state index contributed by atoms with van der Waals surface area (Å²) in [5.41, 5.74) is 5.55. The molecule has 2 aliphatic rings. The summed E-state index contributed by atoms with van der Waals surface area (Å²) in [5.74, 6) is -0.279. The topological polar surface area (TPSA) is 96.7 Å². The van der Waals surface area contributed by atoms with Crippen LogP contribution in [0.25, 0.3) is 0 Å². The van der Waals surface area contributed by atoms with Crippen molar-refractivity contribution in [3.05, 3.63) is 0 Å². The number of nitrogens with one attached hydrogen (secondary N) is 2. The molecular formula is C13H24N4O3. The van der Waals surface area contributed by atoms with Gasteiger partial charge in [0.2, 0.25) is 5.91 Å². The standard InChI is InChI=1S/C13H24N4O3/c14-7-11-8-17(5-6-20-11)9-12(18)16-13(19)15-10-3-1-2-4-10/h10-11H,1-9,14H2,(H2,15,16,18,19). The molecular weight excluding hydrogens is 260 g/mol. The van der Waals surface area contributed by atoms with Crippen molar-refractivity contribution in [2.24, 2.45) is 5.73 Å². The summed E-state index contributed by atoms with van der Waals surface area (Å²) in [5, 5.41) is 5.22. The summed E-state index contributed by atoms with van der Waals surface area (Å²) in [6.45, 7) is 2.55. The van der Waals surface area contributed by atoms with Crippen molar-refractivity contribution in [2.45, 2.75) is 37.8 Å². The van der Waals surface area contributed by atoms with Gasteiger partial charge in [0.25, 0.3) is 0 Å². The molecule has 0 spiro atoms. The van der Waals surface area contributed by atoms with E-state index in [0.717, 1.165) is 25.7 Å². The smallest absolute Gasteiger partial charge is 0.321 e. The lowest BCUT2D eigenvalue weighted by Gasteiger charge is -2.31. The number of hydrogen-bond donors (Lipinski definition) is 3. The van der Waals surface area contributed by atoms with Crippen molar-refractivity contribution in [1.29, 1.82) is 0 Å². The zero-order valence-corrected chi connectivity index (χ0v) is 11.8. The molecule has 3 amide bonds. The predicted molar refractivity (Wildman–Crippen MR) is 74.2 cm³/mol. The van der Waals surface area contributed by atoms with Crippen LogP contribution in [0.3, 0.4) is 0 Å². The van der Waals surface area contributed by atoms with E-state index in [9.17, 15) is 9.59 Å². The summed E-state index contributed by atoms with van der Waals surface area (Å²) in [6, 6.07) is -0.168. The first-order valence-corrected chi connectivity index (χ1v) is 7.31. The molecule has 0 aromatic rings.